The van der Waals surface area contributed by atoms with E-state index < -0.39 is 11.7 Å². The molecule has 5 nitrogen and oxygen atoms in total. The lowest BCUT2D eigenvalue weighted by atomic mass is 9.94. The number of ether oxygens (including phenoxy) is 3. The predicted octanol–water partition coefficient (Wildman–Crippen LogP) is 1.94. The molecule has 5 heteroatoms. The van der Waals surface area contributed by atoms with Gasteiger partial charge >= 0.3 is 0 Å². The number of benzene rings is 1. The fourth-order valence-electron chi connectivity index (χ4n) is 2.68. The Bertz CT molecular complexity index is 458. The van der Waals surface area contributed by atoms with E-state index in [1.54, 1.807) is 0 Å². The minimum atomic E-state index is -0.598. The van der Waals surface area contributed by atoms with E-state index in [1.165, 1.54) is 0 Å². The summed E-state index contributed by atoms with van der Waals surface area (Å²) in [5, 5.41) is 13.3. The molecule has 0 amide bonds. The third kappa shape index (κ3) is 5.83. The quantitative estimate of drug-likeness (QED) is 0.721. The topological polar surface area (TPSA) is 60.0 Å². The van der Waals surface area contributed by atoms with Gasteiger partial charge in [0, 0.05) is 6.54 Å². The molecule has 2 rings (SSSR count). The summed E-state index contributed by atoms with van der Waals surface area (Å²) in [6, 6.07) is 10.0. The molecule has 1 saturated heterocycles. The van der Waals surface area contributed by atoms with Crippen molar-refractivity contribution in [2.24, 2.45) is 5.92 Å². The Balaban J connectivity index is 1.86. The molecule has 136 valence electrons. The molecule has 3 atom stereocenters. The summed E-state index contributed by atoms with van der Waals surface area (Å²) in [5.74, 6) is 0.564. The zero-order valence-corrected chi connectivity index (χ0v) is 15.0. The van der Waals surface area contributed by atoms with Gasteiger partial charge in [0.15, 0.2) is 0 Å². The minimum Gasteiger partial charge on any atom is -0.389 e. The first-order valence-electron chi connectivity index (χ1n) is 8.79. The van der Waals surface area contributed by atoms with Crippen molar-refractivity contribution in [2.75, 3.05) is 39.5 Å². The third-order valence-electron chi connectivity index (χ3n) is 4.07. The Kier molecular flexibility index (Phi) is 7.65. The Morgan fingerprint density at radius 2 is 2.04 bits per heavy atom. The maximum absolute atomic E-state index is 10.0. The smallest absolute Gasteiger partial charge is 0.140 e. The van der Waals surface area contributed by atoms with Gasteiger partial charge in [-0.1, -0.05) is 44.2 Å². The molecule has 1 aromatic carbocycles. The molecule has 0 aromatic heterocycles. The third-order valence-corrected chi connectivity index (χ3v) is 4.07. The van der Waals surface area contributed by atoms with Crippen LogP contribution in [0, 0.1) is 5.92 Å². The fourth-order valence-corrected chi connectivity index (χ4v) is 2.68. The van der Waals surface area contributed by atoms with Crippen molar-refractivity contribution in [2.45, 2.75) is 38.6 Å². The van der Waals surface area contributed by atoms with Crippen LogP contribution in [0.15, 0.2) is 30.3 Å². The van der Waals surface area contributed by atoms with E-state index in [-0.39, 0.29) is 12.7 Å². The first-order valence-corrected chi connectivity index (χ1v) is 8.79. The average Bonchev–Trinajstić information content (AvgIpc) is 2.57. The van der Waals surface area contributed by atoms with Crippen LogP contribution in [0.4, 0.5) is 0 Å². The van der Waals surface area contributed by atoms with Crippen LogP contribution in [0.1, 0.15) is 26.3 Å². The van der Waals surface area contributed by atoms with Crippen molar-refractivity contribution in [3.05, 3.63) is 35.9 Å². The van der Waals surface area contributed by atoms with E-state index in [2.05, 4.69) is 19.2 Å². The van der Waals surface area contributed by atoms with E-state index in [1.807, 2.05) is 37.3 Å². The van der Waals surface area contributed by atoms with Crippen LogP contribution in [0.2, 0.25) is 0 Å². The summed E-state index contributed by atoms with van der Waals surface area (Å²) < 4.78 is 17.7. The molecule has 0 bridgehead atoms. The first-order chi connectivity index (χ1) is 11.5. The summed E-state index contributed by atoms with van der Waals surface area (Å²) in [6.07, 6.45) is -0.437. The van der Waals surface area contributed by atoms with Gasteiger partial charge in [-0.2, -0.15) is 0 Å². The zero-order chi connectivity index (χ0) is 17.4. The van der Waals surface area contributed by atoms with Crippen LogP contribution < -0.4 is 5.32 Å². The van der Waals surface area contributed by atoms with Crippen LogP contribution >= 0.6 is 0 Å². The summed E-state index contributed by atoms with van der Waals surface area (Å²) in [5.41, 5.74) is 0.447. The van der Waals surface area contributed by atoms with Gasteiger partial charge in [0.1, 0.15) is 5.60 Å². The van der Waals surface area contributed by atoms with Crippen molar-refractivity contribution in [1.82, 2.24) is 5.32 Å². The highest BCUT2D eigenvalue weighted by Gasteiger charge is 2.38. The van der Waals surface area contributed by atoms with Crippen LogP contribution in [-0.2, 0) is 19.8 Å². The molecule has 2 N–H and O–H groups in total. The number of aliphatic hydroxyl groups is 1. The van der Waals surface area contributed by atoms with Crippen molar-refractivity contribution in [3.63, 3.8) is 0 Å². The van der Waals surface area contributed by atoms with Gasteiger partial charge in [-0.3, -0.25) is 0 Å². The normalized spacial score (nSPS) is 25.8. The van der Waals surface area contributed by atoms with Crippen molar-refractivity contribution in [1.29, 1.82) is 0 Å². The first kappa shape index (κ1) is 19.3. The van der Waals surface area contributed by atoms with Gasteiger partial charge in [0.2, 0.25) is 0 Å². The summed E-state index contributed by atoms with van der Waals surface area (Å²) in [4.78, 5) is 0. The number of rotatable bonds is 9. The summed E-state index contributed by atoms with van der Waals surface area (Å²) in [7, 11) is 0. The van der Waals surface area contributed by atoms with E-state index in [4.69, 9.17) is 14.2 Å². The lowest BCUT2D eigenvalue weighted by Crippen LogP contribution is -2.47. The number of hydrogen-bond acceptors (Lipinski definition) is 5. The van der Waals surface area contributed by atoms with E-state index >= 15 is 0 Å². The largest absolute Gasteiger partial charge is 0.389 e. The minimum absolute atomic E-state index is 0.0904. The fraction of sp³-hybridized carbons (Fsp3) is 0.684. The monoisotopic (exact) mass is 337 g/mol. The van der Waals surface area contributed by atoms with Gasteiger partial charge in [0.05, 0.1) is 38.6 Å². The Morgan fingerprint density at radius 3 is 2.67 bits per heavy atom. The van der Waals surface area contributed by atoms with E-state index in [0.717, 1.165) is 12.1 Å². The molecule has 1 aromatic rings. The van der Waals surface area contributed by atoms with Crippen LogP contribution in [0.3, 0.4) is 0 Å². The Labute approximate surface area is 145 Å². The van der Waals surface area contributed by atoms with E-state index in [9.17, 15) is 5.11 Å². The molecular formula is C19H31NO4. The molecule has 1 heterocycles. The molecule has 3 unspecified atom stereocenters. The highest BCUT2D eigenvalue weighted by atomic mass is 16.6. The second-order valence-corrected chi connectivity index (χ2v) is 7.01. The molecule has 24 heavy (non-hydrogen) atoms. The van der Waals surface area contributed by atoms with E-state index in [0.29, 0.717) is 32.3 Å². The SMILES string of the molecule is CC(C)CNCC(O)COCC1(c2ccccc2)COC(C)CO1. The second kappa shape index (κ2) is 9.49. The predicted molar refractivity (Wildman–Crippen MR) is 94.0 cm³/mol. The van der Waals surface area contributed by atoms with Crippen molar-refractivity contribution >= 4 is 0 Å². The molecule has 1 aliphatic rings. The lowest BCUT2D eigenvalue weighted by molar-refractivity contribution is -0.214. The van der Waals surface area contributed by atoms with Crippen LogP contribution in [-0.4, -0.2) is 56.8 Å². The van der Waals surface area contributed by atoms with Crippen molar-refractivity contribution < 1.29 is 19.3 Å². The summed E-state index contributed by atoms with van der Waals surface area (Å²) >= 11 is 0. The number of nitrogens with one attached hydrogen (secondary N) is 1. The number of hydrogen-bond donors (Lipinski definition) is 2. The molecule has 0 radical (unpaired) electrons. The van der Waals surface area contributed by atoms with Crippen LogP contribution in [0.5, 0.6) is 0 Å². The maximum atomic E-state index is 10.0. The van der Waals surface area contributed by atoms with Gasteiger partial charge in [-0.05, 0) is 24.9 Å². The molecule has 0 saturated carbocycles. The molecule has 0 spiro atoms. The highest BCUT2D eigenvalue weighted by Crippen LogP contribution is 2.30. The van der Waals surface area contributed by atoms with Crippen molar-refractivity contribution in [3.8, 4) is 0 Å². The summed E-state index contributed by atoms with van der Waals surface area (Å²) in [6.45, 7) is 9.34. The molecule has 1 aliphatic heterocycles. The number of aliphatic hydroxyl groups excluding tert-OH is 1. The van der Waals surface area contributed by atoms with Gasteiger partial charge in [-0.15, -0.1) is 0 Å². The van der Waals surface area contributed by atoms with Gasteiger partial charge in [0.25, 0.3) is 0 Å². The Hall–Kier alpha value is -0.980. The standard InChI is InChI=1S/C19H31NO4/c1-15(2)9-20-10-18(21)12-22-13-19(14-23-16(3)11-24-19)17-7-5-4-6-8-17/h4-8,15-16,18,20-21H,9-14H2,1-3H3. The highest BCUT2D eigenvalue weighted by molar-refractivity contribution is 5.23. The lowest BCUT2D eigenvalue weighted by Gasteiger charge is -2.39. The zero-order valence-electron chi connectivity index (χ0n) is 15.0. The molecule has 0 aliphatic carbocycles. The van der Waals surface area contributed by atoms with Crippen LogP contribution in [0.25, 0.3) is 0 Å². The maximum Gasteiger partial charge on any atom is 0.140 e. The van der Waals surface area contributed by atoms with Gasteiger partial charge in [-0.25, -0.2) is 0 Å². The second-order valence-electron chi connectivity index (χ2n) is 7.01. The molecular weight excluding hydrogens is 306 g/mol. The van der Waals surface area contributed by atoms with Gasteiger partial charge < -0.3 is 24.6 Å². The molecule has 1 fully saturated rings. The average molecular weight is 337 g/mol. The Morgan fingerprint density at radius 1 is 1.29 bits per heavy atom.